The smallest absolute Gasteiger partial charge is 0.237 e. The third-order valence-electron chi connectivity index (χ3n) is 6.03. The van der Waals surface area contributed by atoms with Crippen molar-refractivity contribution in [1.29, 1.82) is 0 Å². The van der Waals surface area contributed by atoms with Gasteiger partial charge in [-0.05, 0) is 74.3 Å². The van der Waals surface area contributed by atoms with Gasteiger partial charge in [0.1, 0.15) is 10.7 Å². The Labute approximate surface area is 174 Å². The normalized spacial score (nSPS) is 24.9. The first-order valence-corrected chi connectivity index (χ1v) is 11.6. The van der Waals surface area contributed by atoms with Gasteiger partial charge in [0.25, 0.3) is 0 Å². The Bertz CT molecular complexity index is 1030. The summed E-state index contributed by atoms with van der Waals surface area (Å²) in [5.74, 6) is 2.67. The Balaban J connectivity index is 1.50. The maximum absolute atomic E-state index is 12.1. The number of thiol groups is 1. The molecule has 1 unspecified atom stereocenters. The van der Waals surface area contributed by atoms with Gasteiger partial charge in [-0.3, -0.25) is 4.79 Å². The zero-order valence-corrected chi connectivity index (χ0v) is 17.7. The number of benzene rings is 2. The summed E-state index contributed by atoms with van der Waals surface area (Å²) in [5.41, 5.74) is 3.83. The van der Waals surface area contributed by atoms with Crippen molar-refractivity contribution in [3.63, 3.8) is 0 Å². The summed E-state index contributed by atoms with van der Waals surface area (Å²) in [6.07, 6.45) is 4.80. The Morgan fingerprint density at radius 2 is 1.93 bits per heavy atom. The van der Waals surface area contributed by atoms with Crippen LogP contribution in [0.2, 0.25) is 0 Å². The second-order valence-corrected chi connectivity index (χ2v) is 10.3. The van der Waals surface area contributed by atoms with Crippen molar-refractivity contribution in [2.75, 3.05) is 10.8 Å². The molecule has 0 saturated heterocycles. The molecule has 2 heterocycles. The molecule has 5 heteroatoms. The highest BCUT2D eigenvalue weighted by Crippen LogP contribution is 2.55. The van der Waals surface area contributed by atoms with Crippen LogP contribution >= 0.6 is 11.1 Å². The van der Waals surface area contributed by atoms with E-state index in [-0.39, 0.29) is 0 Å². The SMILES string of the molecule is CC1=NC(Oc2cccc(C)c2)=C(C=O)[SH]1N1CC[C@@H](C2CC2)c2ccccc21. The van der Waals surface area contributed by atoms with Crippen LogP contribution in [0.1, 0.15) is 43.2 Å². The second-order valence-electron chi connectivity index (χ2n) is 8.11. The van der Waals surface area contributed by atoms with Crippen molar-refractivity contribution >= 4 is 28.1 Å². The highest BCUT2D eigenvalue weighted by molar-refractivity contribution is 8.34. The molecule has 2 aromatic rings. The van der Waals surface area contributed by atoms with Gasteiger partial charge in [-0.25, -0.2) is 4.99 Å². The molecule has 0 amide bonds. The lowest BCUT2D eigenvalue weighted by atomic mass is 9.87. The van der Waals surface area contributed by atoms with Gasteiger partial charge in [0, 0.05) is 12.2 Å². The number of para-hydroxylation sites is 1. The third kappa shape index (κ3) is 3.38. The number of aldehydes is 1. The maximum atomic E-state index is 12.1. The van der Waals surface area contributed by atoms with Crippen LogP contribution in [0.5, 0.6) is 5.75 Å². The molecule has 2 aliphatic heterocycles. The first-order valence-electron chi connectivity index (χ1n) is 10.3. The van der Waals surface area contributed by atoms with Crippen LogP contribution in [0.4, 0.5) is 5.69 Å². The summed E-state index contributed by atoms with van der Waals surface area (Å²) in [6, 6.07) is 16.6. The second kappa shape index (κ2) is 7.38. The Hall–Kier alpha value is -2.53. The summed E-state index contributed by atoms with van der Waals surface area (Å²) in [7, 11) is 0. The molecular weight excluding hydrogens is 380 g/mol. The van der Waals surface area contributed by atoms with E-state index in [2.05, 4.69) is 28.6 Å². The summed E-state index contributed by atoms with van der Waals surface area (Å²) < 4.78 is 8.47. The number of hydrogen-bond donors (Lipinski definition) is 1. The molecule has 0 bridgehead atoms. The van der Waals surface area contributed by atoms with E-state index < -0.39 is 11.1 Å². The Morgan fingerprint density at radius 1 is 1.10 bits per heavy atom. The zero-order valence-electron chi connectivity index (χ0n) is 16.8. The van der Waals surface area contributed by atoms with Crippen LogP contribution < -0.4 is 9.04 Å². The van der Waals surface area contributed by atoms with Crippen LogP contribution in [0, 0.1) is 12.8 Å². The van der Waals surface area contributed by atoms with Gasteiger partial charge in [-0.15, -0.1) is 11.1 Å². The van der Waals surface area contributed by atoms with Crippen molar-refractivity contribution in [1.82, 2.24) is 0 Å². The van der Waals surface area contributed by atoms with Crippen LogP contribution in [0.25, 0.3) is 0 Å². The number of anilines is 1. The Kier molecular flexibility index (Phi) is 4.70. The summed E-state index contributed by atoms with van der Waals surface area (Å²) in [4.78, 5) is 17.5. The fourth-order valence-corrected chi connectivity index (χ4v) is 6.79. The fraction of sp³-hybridized carbons (Fsp3) is 0.333. The lowest BCUT2D eigenvalue weighted by Crippen LogP contribution is -2.31. The lowest BCUT2D eigenvalue weighted by molar-refractivity contribution is -0.104. The quantitative estimate of drug-likeness (QED) is 0.527. The number of carbonyl (C=O) groups is 1. The number of allylic oxidation sites excluding steroid dienone is 1. The van der Waals surface area contributed by atoms with Gasteiger partial charge in [0.2, 0.25) is 5.88 Å². The van der Waals surface area contributed by atoms with E-state index in [1.54, 1.807) is 0 Å². The molecule has 0 radical (unpaired) electrons. The average Bonchev–Trinajstić information content (AvgIpc) is 3.51. The number of ether oxygens (including phenoxy) is 1. The topological polar surface area (TPSA) is 41.9 Å². The molecule has 150 valence electrons. The molecule has 2 atom stereocenters. The standard InChI is InChI=1S/C24H26N2O2S/c1-16-6-5-7-19(14-16)28-24-23(15-27)29(17(2)25-24)26-13-12-20(18-10-11-18)21-8-3-4-9-22(21)26/h3-9,14-15,18,20,29H,10-13H2,1-2H3/t20-/m0/s1. The number of hydrogen-bond acceptors (Lipinski definition) is 4. The zero-order chi connectivity index (χ0) is 20.0. The molecular formula is C24H26N2O2S. The van der Waals surface area contributed by atoms with E-state index in [4.69, 9.17) is 9.73 Å². The van der Waals surface area contributed by atoms with E-state index in [1.807, 2.05) is 38.1 Å². The first kappa shape index (κ1) is 18.5. The summed E-state index contributed by atoms with van der Waals surface area (Å²) in [6.45, 7) is 5.02. The van der Waals surface area contributed by atoms with Crippen LogP contribution in [-0.4, -0.2) is 17.9 Å². The van der Waals surface area contributed by atoms with E-state index in [0.29, 0.717) is 16.7 Å². The predicted octanol–water partition coefficient (Wildman–Crippen LogP) is 5.49. The van der Waals surface area contributed by atoms with Gasteiger partial charge in [0.05, 0.1) is 5.04 Å². The monoisotopic (exact) mass is 406 g/mol. The maximum Gasteiger partial charge on any atom is 0.237 e. The molecule has 5 rings (SSSR count). The number of fused-ring (bicyclic) bond motifs is 1. The van der Waals surface area contributed by atoms with Crippen molar-refractivity contribution in [3.8, 4) is 5.75 Å². The lowest BCUT2D eigenvalue weighted by Gasteiger charge is -2.41. The van der Waals surface area contributed by atoms with Gasteiger partial charge in [0.15, 0.2) is 6.29 Å². The molecule has 29 heavy (non-hydrogen) atoms. The third-order valence-corrected chi connectivity index (χ3v) is 8.40. The summed E-state index contributed by atoms with van der Waals surface area (Å²) >= 11 is -0.966. The molecule has 0 spiro atoms. The van der Waals surface area contributed by atoms with E-state index >= 15 is 0 Å². The molecule has 1 saturated carbocycles. The van der Waals surface area contributed by atoms with E-state index in [1.165, 1.54) is 24.1 Å². The molecule has 2 aromatic carbocycles. The van der Waals surface area contributed by atoms with Crippen molar-refractivity contribution in [2.45, 2.75) is 39.0 Å². The molecule has 1 fully saturated rings. The minimum Gasteiger partial charge on any atom is -0.438 e. The number of carbonyl (C=O) groups excluding carboxylic acids is 1. The van der Waals surface area contributed by atoms with Crippen LogP contribution in [0.3, 0.4) is 0 Å². The minimum atomic E-state index is -0.966. The fourth-order valence-electron chi connectivity index (χ4n) is 4.56. The summed E-state index contributed by atoms with van der Waals surface area (Å²) in [5, 5.41) is 0.976. The van der Waals surface area contributed by atoms with E-state index in [9.17, 15) is 4.79 Å². The van der Waals surface area contributed by atoms with Crippen molar-refractivity contribution in [2.24, 2.45) is 10.9 Å². The van der Waals surface area contributed by atoms with Crippen LogP contribution in [0.15, 0.2) is 64.3 Å². The van der Waals surface area contributed by atoms with Crippen molar-refractivity contribution < 1.29 is 9.53 Å². The van der Waals surface area contributed by atoms with Gasteiger partial charge < -0.3 is 9.04 Å². The number of aliphatic imine (C=N–C) groups is 1. The minimum absolute atomic E-state index is 0.455. The highest BCUT2D eigenvalue weighted by atomic mass is 32.2. The molecule has 0 aromatic heterocycles. The van der Waals surface area contributed by atoms with Gasteiger partial charge in [-0.1, -0.05) is 30.3 Å². The predicted molar refractivity (Wildman–Crippen MR) is 121 cm³/mol. The van der Waals surface area contributed by atoms with Crippen molar-refractivity contribution in [3.05, 3.63) is 70.4 Å². The average molecular weight is 407 g/mol. The van der Waals surface area contributed by atoms with E-state index in [0.717, 1.165) is 41.5 Å². The molecule has 4 nitrogen and oxygen atoms in total. The number of rotatable bonds is 5. The van der Waals surface area contributed by atoms with Crippen LogP contribution in [-0.2, 0) is 4.79 Å². The molecule has 0 N–H and O–H groups in total. The largest absolute Gasteiger partial charge is 0.438 e. The molecule has 1 aliphatic carbocycles. The number of nitrogens with zero attached hydrogens (tertiary/aromatic N) is 2. The first-order chi connectivity index (χ1) is 14.2. The number of aryl methyl sites for hydroxylation is 1. The highest BCUT2D eigenvalue weighted by Gasteiger charge is 2.40. The van der Waals surface area contributed by atoms with Gasteiger partial charge in [-0.2, -0.15) is 0 Å². The molecule has 3 aliphatic rings. The Morgan fingerprint density at radius 3 is 2.69 bits per heavy atom. The van der Waals surface area contributed by atoms with Gasteiger partial charge >= 0.3 is 0 Å².